The molecular formula is C14H21NO3. The molecule has 0 unspecified atom stereocenters. The van der Waals surface area contributed by atoms with Gasteiger partial charge in [-0.2, -0.15) is 0 Å². The molecule has 2 aliphatic carbocycles. The third kappa shape index (κ3) is 1.96. The van der Waals surface area contributed by atoms with Gasteiger partial charge < -0.3 is 5.11 Å². The molecule has 0 bridgehead atoms. The molecule has 1 heterocycles. The Morgan fingerprint density at radius 1 is 0.944 bits per heavy atom. The van der Waals surface area contributed by atoms with Crippen LogP contribution in [0, 0.1) is 5.41 Å². The molecular weight excluding hydrogens is 230 g/mol. The maximum absolute atomic E-state index is 12.2. The first-order chi connectivity index (χ1) is 8.52. The summed E-state index contributed by atoms with van der Waals surface area (Å²) in [6, 6.07) is 0. The quantitative estimate of drug-likeness (QED) is 0.759. The van der Waals surface area contributed by atoms with E-state index in [1.54, 1.807) is 0 Å². The molecule has 1 N–H and O–H groups in total. The molecule has 0 radical (unpaired) electrons. The second kappa shape index (κ2) is 4.05. The number of hydrogen-bond donors (Lipinski definition) is 1. The zero-order valence-electron chi connectivity index (χ0n) is 10.8. The van der Waals surface area contributed by atoms with Crippen molar-refractivity contribution < 1.29 is 14.7 Å². The Bertz CT molecular complexity index is 361. The number of rotatable bonds is 2. The molecule has 1 spiro atoms. The fourth-order valence-electron chi connectivity index (χ4n) is 3.73. The van der Waals surface area contributed by atoms with Gasteiger partial charge in [0, 0.05) is 12.8 Å². The van der Waals surface area contributed by atoms with Crippen LogP contribution in [0.25, 0.3) is 0 Å². The van der Waals surface area contributed by atoms with E-state index < -0.39 is 5.60 Å². The number of carbonyl (C=O) groups is 2. The summed E-state index contributed by atoms with van der Waals surface area (Å²) in [5.41, 5.74) is -0.821. The van der Waals surface area contributed by atoms with Crippen LogP contribution in [-0.4, -0.2) is 34.0 Å². The predicted molar refractivity (Wildman–Crippen MR) is 65.7 cm³/mol. The number of imide groups is 1. The largest absolute Gasteiger partial charge is 0.388 e. The summed E-state index contributed by atoms with van der Waals surface area (Å²) in [4.78, 5) is 25.7. The van der Waals surface area contributed by atoms with Crippen LogP contribution < -0.4 is 0 Å². The zero-order chi connectivity index (χ0) is 12.8. The molecule has 1 saturated heterocycles. The molecule has 2 amide bonds. The number of likely N-dealkylation sites (tertiary alicyclic amines) is 1. The smallest absolute Gasteiger partial charge is 0.229 e. The van der Waals surface area contributed by atoms with E-state index in [0.29, 0.717) is 12.8 Å². The average Bonchev–Trinajstić information content (AvgIpc) is 2.69. The normalized spacial score (nSPS) is 29.7. The van der Waals surface area contributed by atoms with Gasteiger partial charge in [-0.05, 0) is 37.5 Å². The molecule has 0 aromatic rings. The summed E-state index contributed by atoms with van der Waals surface area (Å²) in [6.07, 6.45) is 7.77. The fraction of sp³-hybridized carbons (Fsp3) is 0.857. The Kier molecular flexibility index (Phi) is 2.73. The lowest BCUT2D eigenvalue weighted by Crippen LogP contribution is -2.55. The van der Waals surface area contributed by atoms with Crippen molar-refractivity contribution in [2.24, 2.45) is 5.41 Å². The zero-order valence-corrected chi connectivity index (χ0v) is 10.8. The van der Waals surface area contributed by atoms with Crippen molar-refractivity contribution in [3.05, 3.63) is 0 Å². The maximum Gasteiger partial charge on any atom is 0.229 e. The van der Waals surface area contributed by atoms with Crippen molar-refractivity contribution >= 4 is 11.8 Å². The topological polar surface area (TPSA) is 57.6 Å². The molecule has 3 aliphatic rings. The van der Waals surface area contributed by atoms with E-state index in [1.165, 1.54) is 4.90 Å². The van der Waals surface area contributed by atoms with Crippen LogP contribution in [0.5, 0.6) is 0 Å². The van der Waals surface area contributed by atoms with Gasteiger partial charge in [0.15, 0.2) is 0 Å². The van der Waals surface area contributed by atoms with E-state index in [4.69, 9.17) is 0 Å². The number of nitrogens with zero attached hydrogens (tertiary/aromatic N) is 1. The van der Waals surface area contributed by atoms with E-state index >= 15 is 0 Å². The monoisotopic (exact) mass is 251 g/mol. The Hall–Kier alpha value is -0.900. The lowest BCUT2D eigenvalue weighted by atomic mass is 9.75. The minimum Gasteiger partial charge on any atom is -0.388 e. The number of amides is 2. The predicted octanol–water partition coefficient (Wildman–Crippen LogP) is 1.61. The van der Waals surface area contributed by atoms with Gasteiger partial charge in [0.2, 0.25) is 11.8 Å². The lowest BCUT2D eigenvalue weighted by molar-refractivity contribution is -0.160. The molecule has 0 aromatic heterocycles. The second-order valence-electron chi connectivity index (χ2n) is 6.51. The molecule has 1 aliphatic heterocycles. The van der Waals surface area contributed by atoms with E-state index in [-0.39, 0.29) is 23.8 Å². The third-order valence-corrected chi connectivity index (χ3v) is 5.06. The van der Waals surface area contributed by atoms with Crippen LogP contribution in [0.4, 0.5) is 0 Å². The van der Waals surface area contributed by atoms with Crippen molar-refractivity contribution in [3.63, 3.8) is 0 Å². The van der Waals surface area contributed by atoms with E-state index in [9.17, 15) is 14.7 Å². The van der Waals surface area contributed by atoms with Gasteiger partial charge in [-0.3, -0.25) is 14.5 Å². The van der Waals surface area contributed by atoms with Crippen molar-refractivity contribution in [3.8, 4) is 0 Å². The highest BCUT2D eigenvalue weighted by atomic mass is 16.3. The number of aliphatic hydroxyl groups is 1. The van der Waals surface area contributed by atoms with E-state index in [2.05, 4.69) is 0 Å². The Morgan fingerprint density at radius 3 is 1.94 bits per heavy atom. The van der Waals surface area contributed by atoms with Gasteiger partial charge >= 0.3 is 0 Å². The second-order valence-corrected chi connectivity index (χ2v) is 6.51. The first-order valence-corrected chi connectivity index (χ1v) is 7.08. The highest BCUT2D eigenvalue weighted by Gasteiger charge is 2.47. The Balaban J connectivity index is 1.70. The molecule has 0 atom stereocenters. The van der Waals surface area contributed by atoms with Crippen LogP contribution in [0.1, 0.15) is 57.8 Å². The van der Waals surface area contributed by atoms with Crippen LogP contribution in [0.3, 0.4) is 0 Å². The molecule has 18 heavy (non-hydrogen) atoms. The van der Waals surface area contributed by atoms with Gasteiger partial charge in [-0.25, -0.2) is 0 Å². The van der Waals surface area contributed by atoms with E-state index in [1.807, 2.05) is 0 Å². The van der Waals surface area contributed by atoms with Gasteiger partial charge in [-0.15, -0.1) is 0 Å². The summed E-state index contributed by atoms with van der Waals surface area (Å²) in [7, 11) is 0. The molecule has 3 fully saturated rings. The number of carbonyl (C=O) groups excluding carboxylic acids is 2. The molecule has 4 heteroatoms. The molecule has 100 valence electrons. The van der Waals surface area contributed by atoms with Crippen LogP contribution in [-0.2, 0) is 9.59 Å². The minimum atomic E-state index is -0.786. The Morgan fingerprint density at radius 2 is 1.50 bits per heavy atom. The third-order valence-electron chi connectivity index (χ3n) is 5.06. The number of hydrogen-bond acceptors (Lipinski definition) is 3. The van der Waals surface area contributed by atoms with Crippen LogP contribution in [0.2, 0.25) is 0 Å². The summed E-state index contributed by atoms with van der Waals surface area (Å²) in [5, 5.41) is 10.1. The standard InChI is InChI=1S/C14H21NO3/c16-11-8-13(4-1-2-5-13)9-12(17)15(11)10-14(18)6-3-7-14/h18H,1-10H2. The Labute approximate surface area is 107 Å². The molecule has 4 nitrogen and oxygen atoms in total. The summed E-state index contributed by atoms with van der Waals surface area (Å²) in [5.74, 6) is -0.123. The first kappa shape index (κ1) is 12.2. The van der Waals surface area contributed by atoms with Gasteiger partial charge in [0.1, 0.15) is 0 Å². The van der Waals surface area contributed by atoms with E-state index in [0.717, 1.165) is 44.9 Å². The minimum absolute atomic E-state index is 0.0348. The highest BCUT2D eigenvalue weighted by Crippen LogP contribution is 2.47. The van der Waals surface area contributed by atoms with Crippen LogP contribution in [0.15, 0.2) is 0 Å². The highest BCUT2D eigenvalue weighted by molar-refractivity contribution is 5.98. The van der Waals surface area contributed by atoms with Crippen molar-refractivity contribution in [1.29, 1.82) is 0 Å². The van der Waals surface area contributed by atoms with Gasteiger partial charge in [0.05, 0.1) is 12.1 Å². The fourth-order valence-corrected chi connectivity index (χ4v) is 3.73. The maximum atomic E-state index is 12.2. The average molecular weight is 251 g/mol. The number of piperidine rings is 1. The SMILES string of the molecule is O=C1CC2(CCCC2)CC(=O)N1CC1(O)CCC1. The van der Waals surface area contributed by atoms with Crippen LogP contribution >= 0.6 is 0 Å². The summed E-state index contributed by atoms with van der Waals surface area (Å²) < 4.78 is 0. The van der Waals surface area contributed by atoms with Gasteiger partial charge in [-0.1, -0.05) is 12.8 Å². The first-order valence-electron chi connectivity index (χ1n) is 7.08. The lowest BCUT2D eigenvalue weighted by Gasteiger charge is -2.43. The summed E-state index contributed by atoms with van der Waals surface area (Å²) in [6.45, 7) is 0.223. The van der Waals surface area contributed by atoms with Crippen molar-refractivity contribution in [2.75, 3.05) is 6.54 Å². The molecule has 2 saturated carbocycles. The van der Waals surface area contributed by atoms with Crippen molar-refractivity contribution in [2.45, 2.75) is 63.4 Å². The van der Waals surface area contributed by atoms with Crippen molar-refractivity contribution in [1.82, 2.24) is 4.90 Å². The summed E-state index contributed by atoms with van der Waals surface area (Å²) >= 11 is 0. The van der Waals surface area contributed by atoms with Gasteiger partial charge in [0.25, 0.3) is 0 Å². The molecule has 0 aromatic carbocycles. The number of β-amino-alcohol motifs (C(OH)–C–C–N with tert-alkyl or cyclic N) is 1. The molecule has 3 rings (SSSR count).